The van der Waals surface area contributed by atoms with Gasteiger partial charge in [0.1, 0.15) is 17.5 Å². The number of hydrogen-bond acceptors (Lipinski definition) is 6. The van der Waals surface area contributed by atoms with Crippen LogP contribution in [0, 0.1) is 3.57 Å². The number of amides is 1. The molecule has 2 aromatic carbocycles. The van der Waals surface area contributed by atoms with Crippen molar-refractivity contribution in [2.45, 2.75) is 20.0 Å². The molecule has 2 aromatic rings. The molecule has 33 heavy (non-hydrogen) atoms. The van der Waals surface area contributed by atoms with Crippen molar-refractivity contribution in [2.24, 2.45) is 0 Å². The lowest BCUT2D eigenvalue weighted by atomic mass is 10.0. The summed E-state index contributed by atoms with van der Waals surface area (Å²) in [4.78, 5) is 25.1. The smallest absolute Gasteiger partial charge is 0.323 e. The van der Waals surface area contributed by atoms with Gasteiger partial charge in [0.25, 0.3) is 5.91 Å². The molecule has 0 atom stereocenters. The number of carboxylic acid groups (broad SMARTS) is 1. The van der Waals surface area contributed by atoms with Crippen LogP contribution in [0.25, 0.3) is 6.08 Å². The van der Waals surface area contributed by atoms with E-state index in [0.29, 0.717) is 36.0 Å². The molecule has 1 saturated heterocycles. The lowest BCUT2D eigenvalue weighted by molar-refractivity contribution is -0.140. The normalized spacial score (nSPS) is 14.6. The molecule has 1 aliphatic rings. The van der Waals surface area contributed by atoms with Crippen LogP contribution < -0.4 is 9.47 Å². The van der Waals surface area contributed by atoms with E-state index in [-0.39, 0.29) is 4.32 Å². The first-order chi connectivity index (χ1) is 15.8. The topological polar surface area (TPSA) is 76.1 Å². The van der Waals surface area contributed by atoms with Crippen LogP contribution in [0.5, 0.6) is 11.5 Å². The van der Waals surface area contributed by atoms with Crippen molar-refractivity contribution >= 4 is 68.8 Å². The zero-order valence-corrected chi connectivity index (χ0v) is 21.7. The van der Waals surface area contributed by atoms with Gasteiger partial charge in [0.05, 0.1) is 11.5 Å². The molecule has 0 bridgehead atoms. The fraction of sp³-hybridized carbons (Fsp3) is 0.208. The van der Waals surface area contributed by atoms with Gasteiger partial charge in [0, 0.05) is 9.13 Å². The quantitative estimate of drug-likeness (QED) is 0.173. The second kappa shape index (κ2) is 11.7. The maximum atomic E-state index is 12.6. The largest absolute Gasteiger partial charge is 0.490 e. The van der Waals surface area contributed by atoms with Crippen LogP contribution in [0.4, 0.5) is 0 Å². The number of carbonyl (C=O) groups excluding carboxylic acids is 1. The number of benzene rings is 2. The number of thioether (sulfide) groups is 1. The lowest BCUT2D eigenvalue weighted by Crippen LogP contribution is -2.33. The summed E-state index contributed by atoms with van der Waals surface area (Å²) in [6.45, 7) is 6.10. The van der Waals surface area contributed by atoms with Crippen LogP contribution >= 0.6 is 46.6 Å². The van der Waals surface area contributed by atoms with Gasteiger partial charge in [-0.25, -0.2) is 0 Å². The zero-order chi connectivity index (χ0) is 24.0. The molecule has 0 spiro atoms. The highest BCUT2D eigenvalue weighted by Crippen LogP contribution is 2.37. The Bertz CT molecular complexity index is 1110. The molecule has 0 aliphatic carbocycles. The van der Waals surface area contributed by atoms with Gasteiger partial charge in [0.15, 0.2) is 11.5 Å². The van der Waals surface area contributed by atoms with E-state index in [9.17, 15) is 9.59 Å². The standard InChI is InChI=1S/C24H22INO5S2/c1-3-5-17-10-16(12-20-23(29)26(13-21(27)28)24(32)33-20)11-19(30-4-2)22(17)31-14-15-6-8-18(25)9-7-15/h3,6-12H,1,4-5,13-14H2,2H3,(H,27,28)/b20-12-. The number of aliphatic carboxylic acids is 1. The Labute approximate surface area is 215 Å². The van der Waals surface area contributed by atoms with Crippen molar-refractivity contribution in [3.8, 4) is 11.5 Å². The number of carbonyl (C=O) groups is 2. The van der Waals surface area contributed by atoms with E-state index in [4.69, 9.17) is 26.8 Å². The van der Waals surface area contributed by atoms with Crippen molar-refractivity contribution in [3.63, 3.8) is 0 Å². The molecule has 0 unspecified atom stereocenters. The monoisotopic (exact) mass is 595 g/mol. The van der Waals surface area contributed by atoms with E-state index in [1.807, 2.05) is 43.3 Å². The molecule has 0 radical (unpaired) electrons. The number of thiocarbonyl (C=S) groups is 1. The van der Waals surface area contributed by atoms with Crippen LogP contribution in [0.1, 0.15) is 23.6 Å². The predicted molar refractivity (Wildman–Crippen MR) is 143 cm³/mol. The van der Waals surface area contributed by atoms with Gasteiger partial charge in [-0.15, -0.1) is 6.58 Å². The summed E-state index contributed by atoms with van der Waals surface area (Å²) in [5, 5.41) is 9.03. The summed E-state index contributed by atoms with van der Waals surface area (Å²) < 4.78 is 13.4. The van der Waals surface area contributed by atoms with Crippen LogP contribution in [-0.4, -0.2) is 39.4 Å². The molecule has 1 heterocycles. The van der Waals surface area contributed by atoms with Crippen LogP contribution in [0.15, 0.2) is 54.0 Å². The molecule has 0 saturated carbocycles. The minimum Gasteiger partial charge on any atom is -0.490 e. The van der Waals surface area contributed by atoms with Crippen molar-refractivity contribution in [1.29, 1.82) is 0 Å². The van der Waals surface area contributed by atoms with Crippen LogP contribution in [0.3, 0.4) is 0 Å². The average molecular weight is 595 g/mol. The fourth-order valence-electron chi connectivity index (χ4n) is 3.16. The molecule has 1 N–H and O–H groups in total. The summed E-state index contributed by atoms with van der Waals surface area (Å²) >= 11 is 8.52. The van der Waals surface area contributed by atoms with Crippen molar-refractivity contribution in [1.82, 2.24) is 4.90 Å². The van der Waals surface area contributed by atoms with Crippen molar-refractivity contribution < 1.29 is 24.2 Å². The average Bonchev–Trinajstić information content (AvgIpc) is 3.02. The molecule has 1 aliphatic heterocycles. The highest BCUT2D eigenvalue weighted by Gasteiger charge is 2.33. The molecule has 1 amide bonds. The molecule has 9 heteroatoms. The SMILES string of the molecule is C=CCc1cc(/C=C2\SC(=S)N(CC(=O)O)C2=O)cc(OCC)c1OCc1ccc(I)cc1. The molecular formula is C24H22INO5S2. The van der Waals surface area contributed by atoms with Gasteiger partial charge in [-0.3, -0.25) is 14.5 Å². The van der Waals surface area contributed by atoms with E-state index in [0.717, 1.165) is 36.9 Å². The number of carboxylic acids is 1. The summed E-state index contributed by atoms with van der Waals surface area (Å²) in [6, 6.07) is 11.8. The number of nitrogens with zero attached hydrogens (tertiary/aromatic N) is 1. The second-order valence-corrected chi connectivity index (χ2v) is 9.93. The van der Waals surface area contributed by atoms with Crippen LogP contribution in [0.2, 0.25) is 0 Å². The van der Waals surface area contributed by atoms with Gasteiger partial charge >= 0.3 is 5.97 Å². The minimum absolute atomic E-state index is 0.225. The first kappa shape index (κ1) is 25.3. The number of halogens is 1. The van der Waals surface area contributed by atoms with Gasteiger partial charge < -0.3 is 14.6 Å². The Morgan fingerprint density at radius 2 is 2.00 bits per heavy atom. The fourth-order valence-corrected chi connectivity index (χ4v) is 4.77. The maximum absolute atomic E-state index is 12.6. The van der Waals surface area contributed by atoms with Crippen molar-refractivity contribution in [2.75, 3.05) is 13.2 Å². The maximum Gasteiger partial charge on any atom is 0.323 e. The number of hydrogen-bond donors (Lipinski definition) is 1. The van der Waals surface area contributed by atoms with Gasteiger partial charge in [-0.2, -0.15) is 0 Å². The third-order valence-electron chi connectivity index (χ3n) is 4.58. The van der Waals surface area contributed by atoms with Crippen molar-refractivity contribution in [3.05, 3.63) is 74.2 Å². The Hall–Kier alpha value is -2.37. The van der Waals surface area contributed by atoms with Gasteiger partial charge in [-0.05, 0) is 77.4 Å². The highest BCUT2D eigenvalue weighted by atomic mass is 127. The Morgan fingerprint density at radius 3 is 2.64 bits per heavy atom. The van der Waals surface area contributed by atoms with Gasteiger partial charge in [0.2, 0.25) is 0 Å². The van der Waals surface area contributed by atoms with Gasteiger partial charge in [-0.1, -0.05) is 42.2 Å². The number of rotatable bonds is 10. The molecular weight excluding hydrogens is 573 g/mol. The summed E-state index contributed by atoms with van der Waals surface area (Å²) in [7, 11) is 0. The highest BCUT2D eigenvalue weighted by molar-refractivity contribution is 14.1. The first-order valence-corrected chi connectivity index (χ1v) is 12.4. The molecule has 0 aromatic heterocycles. The van der Waals surface area contributed by atoms with E-state index >= 15 is 0 Å². The second-order valence-electron chi connectivity index (χ2n) is 7.01. The number of ether oxygens (including phenoxy) is 2. The van der Waals surface area contributed by atoms with E-state index in [1.165, 1.54) is 0 Å². The van der Waals surface area contributed by atoms with E-state index in [2.05, 4.69) is 29.2 Å². The first-order valence-electron chi connectivity index (χ1n) is 10.1. The third kappa shape index (κ3) is 6.58. The minimum atomic E-state index is -1.12. The zero-order valence-electron chi connectivity index (χ0n) is 17.9. The lowest BCUT2D eigenvalue weighted by Gasteiger charge is -2.17. The van der Waals surface area contributed by atoms with Crippen LogP contribution in [-0.2, 0) is 22.6 Å². The Morgan fingerprint density at radius 1 is 1.27 bits per heavy atom. The predicted octanol–water partition coefficient (Wildman–Crippen LogP) is 5.28. The Kier molecular flexibility index (Phi) is 8.93. The van der Waals surface area contributed by atoms with E-state index < -0.39 is 18.4 Å². The summed E-state index contributed by atoms with van der Waals surface area (Å²) in [6.07, 6.45) is 4.02. The summed E-state index contributed by atoms with van der Waals surface area (Å²) in [5.74, 6) is -0.343. The Balaban J connectivity index is 1.93. The third-order valence-corrected chi connectivity index (χ3v) is 6.68. The molecule has 3 rings (SSSR count). The molecule has 1 fully saturated rings. The molecule has 6 nitrogen and oxygen atoms in total. The summed E-state index contributed by atoms with van der Waals surface area (Å²) in [5.41, 5.74) is 2.63. The number of allylic oxidation sites excluding steroid dienone is 1. The van der Waals surface area contributed by atoms with E-state index in [1.54, 1.807) is 12.2 Å². The molecule has 172 valence electrons.